The van der Waals surface area contributed by atoms with Crippen LogP contribution < -0.4 is 11.0 Å². The topological polar surface area (TPSA) is 95.6 Å². The van der Waals surface area contributed by atoms with Crippen molar-refractivity contribution in [2.45, 2.75) is 19.9 Å². The number of amides is 1. The van der Waals surface area contributed by atoms with Crippen molar-refractivity contribution in [2.24, 2.45) is 7.05 Å². The fourth-order valence-electron chi connectivity index (χ4n) is 2.67. The van der Waals surface area contributed by atoms with Gasteiger partial charge in [0.15, 0.2) is 5.82 Å². The Morgan fingerprint density at radius 1 is 1.41 bits per heavy atom. The summed E-state index contributed by atoms with van der Waals surface area (Å²) in [6, 6.07) is 7.42. The number of H-pyrrole nitrogens is 2. The molecule has 1 amide bonds. The Hall–Kier alpha value is -2.83. The monoisotopic (exact) mass is 299 g/mol. The van der Waals surface area contributed by atoms with Crippen molar-refractivity contribution in [3.05, 3.63) is 51.8 Å². The van der Waals surface area contributed by atoms with Crippen molar-refractivity contribution in [1.29, 1.82) is 0 Å². The predicted molar refractivity (Wildman–Crippen MR) is 82.7 cm³/mol. The first kappa shape index (κ1) is 14.1. The summed E-state index contributed by atoms with van der Waals surface area (Å²) in [6.07, 6.45) is 0. The van der Waals surface area contributed by atoms with E-state index in [-0.39, 0.29) is 5.91 Å². The average molecular weight is 299 g/mol. The molecule has 114 valence electrons. The van der Waals surface area contributed by atoms with Crippen molar-refractivity contribution >= 4 is 16.8 Å². The number of nitrogens with zero attached hydrogens (tertiary/aromatic N) is 2. The van der Waals surface area contributed by atoms with Gasteiger partial charge in [0.1, 0.15) is 5.69 Å². The van der Waals surface area contributed by atoms with Crippen LogP contribution in [0.3, 0.4) is 0 Å². The molecule has 7 nitrogen and oxygen atoms in total. The van der Waals surface area contributed by atoms with Gasteiger partial charge in [-0.1, -0.05) is 18.2 Å². The van der Waals surface area contributed by atoms with Gasteiger partial charge in [0.25, 0.3) is 5.91 Å². The lowest BCUT2D eigenvalue weighted by atomic mass is 10.2. The molecule has 0 fully saturated rings. The summed E-state index contributed by atoms with van der Waals surface area (Å²) in [5.74, 6) is 0.183. The Morgan fingerprint density at radius 3 is 2.82 bits per heavy atom. The van der Waals surface area contributed by atoms with E-state index in [2.05, 4.69) is 20.5 Å². The lowest BCUT2D eigenvalue weighted by Crippen LogP contribution is -2.29. The third-order valence-corrected chi connectivity index (χ3v) is 3.77. The zero-order chi connectivity index (χ0) is 15.9. The largest absolute Gasteiger partial charge is 0.341 e. The van der Waals surface area contributed by atoms with Gasteiger partial charge in [0.05, 0.1) is 11.6 Å². The quantitative estimate of drug-likeness (QED) is 0.682. The highest BCUT2D eigenvalue weighted by molar-refractivity contribution is 5.99. The second-order valence-electron chi connectivity index (χ2n) is 5.36. The Labute approximate surface area is 126 Å². The summed E-state index contributed by atoms with van der Waals surface area (Å²) >= 11 is 0. The fraction of sp³-hybridized carbons (Fsp3) is 0.267. The zero-order valence-electron chi connectivity index (χ0n) is 12.6. The van der Waals surface area contributed by atoms with E-state index in [1.807, 2.05) is 42.8 Å². The number of hydrogen-bond acceptors (Lipinski definition) is 3. The van der Waals surface area contributed by atoms with Crippen LogP contribution in [0, 0.1) is 6.92 Å². The van der Waals surface area contributed by atoms with Gasteiger partial charge >= 0.3 is 5.69 Å². The van der Waals surface area contributed by atoms with Crippen LogP contribution in [0.1, 0.15) is 34.8 Å². The van der Waals surface area contributed by atoms with Gasteiger partial charge in [-0.2, -0.15) is 5.10 Å². The highest BCUT2D eigenvalue weighted by Crippen LogP contribution is 2.22. The second-order valence-corrected chi connectivity index (χ2v) is 5.36. The molecule has 3 rings (SSSR count). The molecule has 0 saturated carbocycles. The summed E-state index contributed by atoms with van der Waals surface area (Å²) in [5, 5.41) is 9.97. The first-order valence-electron chi connectivity index (χ1n) is 6.98. The van der Waals surface area contributed by atoms with Gasteiger partial charge in [0, 0.05) is 12.4 Å². The van der Waals surface area contributed by atoms with E-state index in [1.54, 1.807) is 6.92 Å². The third-order valence-electron chi connectivity index (χ3n) is 3.77. The number of benzene rings is 1. The lowest BCUT2D eigenvalue weighted by molar-refractivity contribution is 0.0930. The third kappa shape index (κ3) is 2.30. The molecule has 1 aromatic carbocycles. The maximum absolute atomic E-state index is 12.5. The van der Waals surface area contributed by atoms with Crippen LogP contribution >= 0.6 is 0 Å². The van der Waals surface area contributed by atoms with Crippen LogP contribution in [0.2, 0.25) is 0 Å². The van der Waals surface area contributed by atoms with Crippen molar-refractivity contribution in [3.8, 4) is 0 Å². The summed E-state index contributed by atoms with van der Waals surface area (Å²) < 4.78 is 1.88. The maximum Gasteiger partial charge on any atom is 0.340 e. The van der Waals surface area contributed by atoms with Crippen molar-refractivity contribution in [1.82, 2.24) is 25.1 Å². The number of aromatic amines is 2. The van der Waals surface area contributed by atoms with Gasteiger partial charge in [0.2, 0.25) is 0 Å². The van der Waals surface area contributed by atoms with Crippen LogP contribution in [-0.4, -0.2) is 25.7 Å². The molecular formula is C15H17N5O2. The highest BCUT2D eigenvalue weighted by Gasteiger charge is 2.18. The molecule has 0 bridgehead atoms. The van der Waals surface area contributed by atoms with Gasteiger partial charge in [-0.15, -0.1) is 0 Å². The number of fused-ring (bicyclic) bond motifs is 1. The highest BCUT2D eigenvalue weighted by atomic mass is 16.2. The minimum Gasteiger partial charge on any atom is -0.341 e. The first-order chi connectivity index (χ1) is 10.5. The van der Waals surface area contributed by atoms with Gasteiger partial charge in [-0.25, -0.2) is 9.89 Å². The van der Waals surface area contributed by atoms with E-state index < -0.39 is 11.7 Å². The molecule has 1 atom stereocenters. The van der Waals surface area contributed by atoms with Crippen LogP contribution in [0.15, 0.2) is 29.1 Å². The Bertz CT molecular complexity index is 902. The number of aryl methyl sites for hydroxylation is 2. The van der Waals surface area contributed by atoms with Crippen LogP contribution in [0.25, 0.3) is 10.9 Å². The smallest absolute Gasteiger partial charge is 0.340 e. The Kier molecular flexibility index (Phi) is 3.32. The lowest BCUT2D eigenvalue weighted by Gasteiger charge is -2.11. The number of carbonyl (C=O) groups excluding carboxylic acids is 1. The maximum atomic E-state index is 12.5. The van der Waals surface area contributed by atoms with E-state index in [4.69, 9.17) is 0 Å². The summed E-state index contributed by atoms with van der Waals surface area (Å²) in [7, 11) is 1.87. The normalized spacial score (nSPS) is 12.5. The molecule has 7 heteroatoms. The first-order valence-corrected chi connectivity index (χ1v) is 6.98. The zero-order valence-corrected chi connectivity index (χ0v) is 12.6. The van der Waals surface area contributed by atoms with E-state index in [9.17, 15) is 9.59 Å². The van der Waals surface area contributed by atoms with Crippen LogP contribution in [0.4, 0.5) is 0 Å². The molecule has 22 heavy (non-hydrogen) atoms. The molecule has 0 saturated heterocycles. The van der Waals surface area contributed by atoms with E-state index in [0.717, 1.165) is 16.5 Å². The van der Waals surface area contributed by atoms with Crippen molar-refractivity contribution in [2.75, 3.05) is 0 Å². The average Bonchev–Trinajstić information content (AvgIpc) is 3.04. The number of hydrogen-bond donors (Lipinski definition) is 3. The molecule has 3 aromatic rings. The molecule has 0 radical (unpaired) electrons. The Balaban J connectivity index is 1.91. The number of rotatable bonds is 3. The van der Waals surface area contributed by atoms with Gasteiger partial charge < -0.3 is 9.88 Å². The van der Waals surface area contributed by atoms with E-state index in [1.165, 1.54) is 0 Å². The van der Waals surface area contributed by atoms with Crippen molar-refractivity contribution in [3.63, 3.8) is 0 Å². The summed E-state index contributed by atoms with van der Waals surface area (Å²) in [4.78, 5) is 26.1. The molecule has 2 aromatic heterocycles. The minimum absolute atomic E-state index is 0.213. The minimum atomic E-state index is -0.398. The molecule has 0 aliphatic heterocycles. The SMILES string of the molecule is Cc1cccc2cc(C(=O)N[C@H](C)c3n[nH]c(=O)[nH]3)n(C)c12. The van der Waals surface area contributed by atoms with Crippen molar-refractivity contribution < 1.29 is 4.79 Å². The number of aromatic nitrogens is 4. The molecule has 0 aliphatic carbocycles. The molecule has 3 N–H and O–H groups in total. The summed E-state index contributed by atoms with van der Waals surface area (Å²) in [5.41, 5.74) is 2.32. The van der Waals surface area contributed by atoms with E-state index in [0.29, 0.717) is 11.5 Å². The van der Waals surface area contributed by atoms with Gasteiger partial charge in [-0.3, -0.25) is 9.78 Å². The molecular weight excluding hydrogens is 282 g/mol. The molecule has 0 unspecified atom stereocenters. The van der Waals surface area contributed by atoms with Gasteiger partial charge in [-0.05, 0) is 25.5 Å². The van der Waals surface area contributed by atoms with E-state index >= 15 is 0 Å². The second kappa shape index (κ2) is 5.18. The fourth-order valence-corrected chi connectivity index (χ4v) is 2.67. The van der Waals surface area contributed by atoms with Crippen LogP contribution in [0.5, 0.6) is 0 Å². The molecule has 0 spiro atoms. The number of para-hydroxylation sites is 1. The standard InChI is InChI=1S/C15H17N5O2/c1-8-5-4-6-10-7-11(20(3)12(8)10)14(21)16-9(2)13-17-15(22)19-18-13/h4-7,9H,1-3H3,(H,16,21)(H2,17,18,19,22)/t9-/m1/s1. The molecule has 2 heterocycles. The predicted octanol–water partition coefficient (Wildman–Crippen LogP) is 1.39. The number of carbonyl (C=O) groups is 1. The summed E-state index contributed by atoms with van der Waals surface area (Å²) in [6.45, 7) is 3.78. The number of nitrogens with one attached hydrogen (secondary N) is 3. The van der Waals surface area contributed by atoms with Crippen LogP contribution in [-0.2, 0) is 7.05 Å². The molecule has 0 aliphatic rings. The Morgan fingerprint density at radius 2 is 2.18 bits per heavy atom.